The van der Waals surface area contributed by atoms with Crippen molar-refractivity contribution < 1.29 is 18.0 Å². The Hall–Kier alpha value is -1.72. The summed E-state index contributed by atoms with van der Waals surface area (Å²) in [5.41, 5.74) is -2.68. The highest BCUT2D eigenvalue weighted by Gasteiger charge is 2.58. The van der Waals surface area contributed by atoms with Crippen LogP contribution in [0.1, 0.15) is 30.4 Å². The molecule has 1 aliphatic heterocycles. The lowest BCUT2D eigenvalue weighted by Gasteiger charge is -2.41. The lowest BCUT2D eigenvalue weighted by atomic mass is 9.76. The molecule has 1 aliphatic carbocycles. The lowest BCUT2D eigenvalue weighted by molar-refractivity contribution is -0.137. The molecule has 2 fully saturated rings. The Balaban J connectivity index is 2.06. The van der Waals surface area contributed by atoms with E-state index in [-0.39, 0.29) is 11.6 Å². The van der Waals surface area contributed by atoms with Gasteiger partial charge in [-0.3, -0.25) is 14.6 Å². The second-order valence-electron chi connectivity index (χ2n) is 5.86. The maximum atomic E-state index is 13.1. The minimum Gasteiger partial charge on any atom is -0.285 e. The number of thiol groups is 1. The number of nitriles is 1. The van der Waals surface area contributed by atoms with E-state index in [0.717, 1.165) is 18.6 Å². The summed E-state index contributed by atoms with van der Waals surface area (Å²) in [6.45, 7) is 0. The molecule has 0 radical (unpaired) electrons. The first kappa shape index (κ1) is 16.1. The van der Waals surface area contributed by atoms with Gasteiger partial charge in [-0.25, -0.2) is 0 Å². The quantitative estimate of drug-likeness (QED) is 0.799. The van der Waals surface area contributed by atoms with Gasteiger partial charge >= 0.3 is 6.18 Å². The van der Waals surface area contributed by atoms with Crippen molar-refractivity contribution in [3.63, 3.8) is 0 Å². The first-order valence-electron chi connectivity index (χ1n) is 7.08. The van der Waals surface area contributed by atoms with Gasteiger partial charge in [0, 0.05) is 5.69 Å². The molecule has 1 saturated heterocycles. The number of amides is 1. The molecule has 0 aromatic heterocycles. The van der Waals surface area contributed by atoms with Crippen LogP contribution < -0.4 is 4.90 Å². The van der Waals surface area contributed by atoms with Crippen molar-refractivity contribution in [1.82, 2.24) is 4.90 Å². The molecule has 122 valence electrons. The molecule has 23 heavy (non-hydrogen) atoms. The van der Waals surface area contributed by atoms with Crippen LogP contribution in [0.4, 0.5) is 18.9 Å². The van der Waals surface area contributed by atoms with Crippen LogP contribution in [0.3, 0.4) is 0 Å². The second-order valence-corrected chi connectivity index (χ2v) is 6.32. The van der Waals surface area contributed by atoms with Gasteiger partial charge in [0.1, 0.15) is 11.0 Å². The molecule has 1 heterocycles. The largest absolute Gasteiger partial charge is 0.417 e. The SMILES string of the molecule is CN1C(S)N(c2ccc(C#N)c(C(F)(F)F)c2)C(=O)C12CCC2. The Morgan fingerprint density at radius 1 is 1.39 bits per heavy atom. The summed E-state index contributed by atoms with van der Waals surface area (Å²) in [7, 11) is 1.75. The van der Waals surface area contributed by atoms with E-state index < -0.39 is 28.3 Å². The third-order valence-electron chi connectivity index (χ3n) is 4.76. The molecule has 1 saturated carbocycles. The molecule has 1 spiro atoms. The molecule has 1 atom stereocenters. The number of rotatable bonds is 1. The van der Waals surface area contributed by atoms with E-state index in [1.165, 1.54) is 17.0 Å². The fraction of sp³-hybridized carbons (Fsp3) is 0.467. The van der Waals surface area contributed by atoms with E-state index in [1.54, 1.807) is 11.9 Å². The van der Waals surface area contributed by atoms with Gasteiger partial charge in [-0.15, -0.1) is 12.6 Å². The summed E-state index contributed by atoms with van der Waals surface area (Å²) in [4.78, 5) is 15.8. The number of hydrogen-bond donors (Lipinski definition) is 1. The number of nitrogens with zero attached hydrogens (tertiary/aromatic N) is 3. The number of benzene rings is 1. The van der Waals surface area contributed by atoms with Gasteiger partial charge in [-0.2, -0.15) is 18.4 Å². The van der Waals surface area contributed by atoms with Crippen LogP contribution >= 0.6 is 12.6 Å². The first-order chi connectivity index (χ1) is 10.7. The Morgan fingerprint density at radius 2 is 2.04 bits per heavy atom. The molecule has 0 N–H and O–H groups in total. The molecule has 3 rings (SSSR count). The van der Waals surface area contributed by atoms with Gasteiger partial charge in [0.2, 0.25) is 5.91 Å². The second kappa shape index (κ2) is 5.14. The molecular formula is C15H14F3N3OS. The van der Waals surface area contributed by atoms with Gasteiger partial charge in [-0.05, 0) is 44.5 Å². The summed E-state index contributed by atoms with van der Waals surface area (Å²) < 4.78 is 39.4. The Bertz CT molecular complexity index is 709. The third-order valence-corrected chi connectivity index (χ3v) is 5.33. The molecule has 1 aromatic carbocycles. The Kier molecular flexibility index (Phi) is 3.61. The summed E-state index contributed by atoms with van der Waals surface area (Å²) in [5, 5.41) is 8.86. The average molecular weight is 341 g/mol. The van der Waals surface area contributed by atoms with E-state index >= 15 is 0 Å². The van der Waals surface area contributed by atoms with Gasteiger partial charge in [0.15, 0.2) is 0 Å². The zero-order valence-corrected chi connectivity index (χ0v) is 13.2. The van der Waals surface area contributed by atoms with Crippen molar-refractivity contribution in [3.05, 3.63) is 29.3 Å². The van der Waals surface area contributed by atoms with Gasteiger partial charge in [-0.1, -0.05) is 0 Å². The van der Waals surface area contributed by atoms with E-state index in [2.05, 4.69) is 12.6 Å². The average Bonchev–Trinajstić information content (AvgIpc) is 2.64. The molecule has 1 unspecified atom stereocenters. The standard InChI is InChI=1S/C15H14F3N3OS/c1-20-13(23)21(12(22)14(20)5-2-6-14)10-4-3-9(8-19)11(7-10)15(16,17)18/h3-4,7,13,23H,2,5-6H2,1H3. The number of likely N-dealkylation sites (N-methyl/N-ethyl adjacent to an activating group) is 1. The molecular weight excluding hydrogens is 327 g/mol. The van der Waals surface area contributed by atoms with E-state index in [0.29, 0.717) is 12.8 Å². The smallest absolute Gasteiger partial charge is 0.285 e. The predicted octanol–water partition coefficient (Wildman–Crippen LogP) is 2.99. The summed E-state index contributed by atoms with van der Waals surface area (Å²) >= 11 is 4.39. The van der Waals surface area contributed by atoms with Crippen molar-refractivity contribution in [2.75, 3.05) is 11.9 Å². The highest BCUT2D eigenvalue weighted by atomic mass is 32.1. The minimum absolute atomic E-state index is 0.108. The lowest BCUT2D eigenvalue weighted by Crippen LogP contribution is -2.53. The number of anilines is 1. The Morgan fingerprint density at radius 3 is 2.48 bits per heavy atom. The minimum atomic E-state index is -4.66. The number of halogens is 3. The molecule has 1 amide bonds. The number of hydrogen-bond acceptors (Lipinski definition) is 4. The zero-order chi connectivity index (χ0) is 17.0. The van der Waals surface area contributed by atoms with E-state index in [4.69, 9.17) is 5.26 Å². The topological polar surface area (TPSA) is 47.3 Å². The van der Waals surface area contributed by atoms with Crippen molar-refractivity contribution >= 4 is 24.2 Å². The van der Waals surface area contributed by atoms with Crippen LogP contribution in [-0.4, -0.2) is 28.9 Å². The van der Waals surface area contributed by atoms with Gasteiger partial charge < -0.3 is 0 Å². The van der Waals surface area contributed by atoms with Crippen LogP contribution in [0.5, 0.6) is 0 Å². The third kappa shape index (κ3) is 2.22. The van der Waals surface area contributed by atoms with Crippen LogP contribution in [0.15, 0.2) is 18.2 Å². The van der Waals surface area contributed by atoms with Crippen molar-refractivity contribution in [1.29, 1.82) is 5.26 Å². The van der Waals surface area contributed by atoms with Crippen molar-refractivity contribution in [2.24, 2.45) is 0 Å². The van der Waals surface area contributed by atoms with Gasteiger partial charge in [0.25, 0.3) is 0 Å². The molecule has 2 aliphatic rings. The fourth-order valence-electron chi connectivity index (χ4n) is 3.22. The summed E-state index contributed by atoms with van der Waals surface area (Å²) in [5.74, 6) is -0.232. The fourth-order valence-corrected chi connectivity index (χ4v) is 3.68. The Labute approximate surface area is 136 Å². The highest BCUT2D eigenvalue weighted by Crippen LogP contribution is 2.47. The monoisotopic (exact) mass is 341 g/mol. The molecule has 0 bridgehead atoms. The van der Waals surface area contributed by atoms with Crippen molar-refractivity contribution in [2.45, 2.75) is 36.5 Å². The molecule has 8 heteroatoms. The van der Waals surface area contributed by atoms with E-state index in [9.17, 15) is 18.0 Å². The van der Waals surface area contributed by atoms with Crippen LogP contribution in [0.2, 0.25) is 0 Å². The summed E-state index contributed by atoms with van der Waals surface area (Å²) in [6, 6.07) is 4.85. The first-order valence-corrected chi connectivity index (χ1v) is 7.60. The molecule has 1 aromatic rings. The van der Waals surface area contributed by atoms with Gasteiger partial charge in [0.05, 0.1) is 17.2 Å². The van der Waals surface area contributed by atoms with Crippen LogP contribution in [0.25, 0.3) is 0 Å². The number of carbonyl (C=O) groups excluding carboxylic acids is 1. The van der Waals surface area contributed by atoms with E-state index in [1.807, 2.05) is 0 Å². The highest BCUT2D eigenvalue weighted by molar-refractivity contribution is 7.81. The summed E-state index contributed by atoms with van der Waals surface area (Å²) in [6.07, 6.45) is -2.39. The van der Waals surface area contributed by atoms with Crippen molar-refractivity contribution in [3.8, 4) is 6.07 Å². The van der Waals surface area contributed by atoms with Crippen LogP contribution in [0, 0.1) is 11.3 Å². The number of alkyl halides is 3. The zero-order valence-electron chi connectivity index (χ0n) is 12.3. The number of carbonyl (C=O) groups is 1. The maximum absolute atomic E-state index is 13.1. The normalized spacial score (nSPS) is 23.9. The molecule has 4 nitrogen and oxygen atoms in total. The predicted molar refractivity (Wildman–Crippen MR) is 80.8 cm³/mol. The van der Waals surface area contributed by atoms with Crippen LogP contribution in [-0.2, 0) is 11.0 Å². The maximum Gasteiger partial charge on any atom is 0.417 e.